The van der Waals surface area contributed by atoms with Gasteiger partial charge in [0.25, 0.3) is 0 Å². The second-order valence-corrected chi connectivity index (χ2v) is 3.41. The quantitative estimate of drug-likeness (QED) is 0.486. The Morgan fingerprint density at radius 2 is 0.933 bits per heavy atom. The summed E-state index contributed by atoms with van der Waals surface area (Å²) in [5.41, 5.74) is 0. The Balaban J connectivity index is 0. The zero-order valence-electron chi connectivity index (χ0n) is 8.87. The van der Waals surface area contributed by atoms with Crippen molar-refractivity contribution in [2.24, 2.45) is 0 Å². The number of aliphatic carboxylic acids is 2. The van der Waals surface area contributed by atoms with Crippen LogP contribution in [0.4, 0.5) is 0 Å². The molecule has 0 aromatic rings. The Labute approximate surface area is 105 Å². The van der Waals surface area contributed by atoms with Crippen LogP contribution in [-0.2, 0) is 31.3 Å². The van der Waals surface area contributed by atoms with E-state index in [-0.39, 0.29) is 34.6 Å². The van der Waals surface area contributed by atoms with Crippen molar-refractivity contribution in [3.63, 3.8) is 0 Å². The van der Waals surface area contributed by atoms with Crippen molar-refractivity contribution in [2.75, 3.05) is 0 Å². The van der Waals surface area contributed by atoms with E-state index in [1.165, 1.54) is 0 Å². The van der Waals surface area contributed by atoms with Crippen molar-refractivity contribution in [1.29, 1.82) is 0 Å². The Hall–Kier alpha value is -0.346. The van der Waals surface area contributed by atoms with Crippen LogP contribution in [0.5, 0.6) is 0 Å². The summed E-state index contributed by atoms with van der Waals surface area (Å²) in [5.74, 6) is -1.48. The molecule has 0 bridgehead atoms. The summed E-state index contributed by atoms with van der Waals surface area (Å²) in [6.45, 7) is 0. The zero-order chi connectivity index (χ0) is 10.8. The molecule has 0 saturated heterocycles. The molecule has 0 saturated carbocycles. The van der Waals surface area contributed by atoms with Crippen LogP contribution in [0.15, 0.2) is 0 Å². The Morgan fingerprint density at radius 3 is 1.20 bits per heavy atom. The molecule has 0 heterocycles. The van der Waals surface area contributed by atoms with Crippen molar-refractivity contribution < 1.29 is 41.5 Å². The van der Waals surface area contributed by atoms with E-state index in [9.17, 15) is 9.59 Å². The number of hydrogen-bond acceptors (Lipinski definition) is 2. The van der Waals surface area contributed by atoms with Gasteiger partial charge in [-0.25, -0.2) is 0 Å². The molecular weight excluding hydrogens is 232 g/mol. The van der Waals surface area contributed by atoms with Crippen molar-refractivity contribution >= 4 is 11.9 Å². The average molecular weight is 250 g/mol. The van der Waals surface area contributed by atoms with Crippen molar-refractivity contribution in [1.82, 2.24) is 0 Å². The van der Waals surface area contributed by atoms with Gasteiger partial charge < -0.3 is 10.2 Å². The molecule has 0 aliphatic rings. The molecule has 2 N–H and O–H groups in total. The van der Waals surface area contributed by atoms with E-state index in [2.05, 4.69) is 0 Å². The van der Waals surface area contributed by atoms with Gasteiger partial charge in [0, 0.05) is 34.6 Å². The van der Waals surface area contributed by atoms with Crippen LogP contribution in [0.2, 0.25) is 0 Å². The monoisotopic (exact) mass is 250 g/mol. The van der Waals surface area contributed by atoms with Crippen LogP contribution >= 0.6 is 0 Å². The summed E-state index contributed by atoms with van der Waals surface area (Å²) in [4.78, 5) is 20.3. The summed E-state index contributed by atoms with van der Waals surface area (Å²) in [6.07, 6.45) is 5.82. The summed E-state index contributed by atoms with van der Waals surface area (Å²) < 4.78 is 0. The molecule has 0 atom stereocenters. The van der Waals surface area contributed by atoms with Gasteiger partial charge in [-0.05, 0) is 12.8 Å². The Kier molecular flexibility index (Phi) is 13.3. The van der Waals surface area contributed by atoms with E-state index in [1.807, 2.05) is 0 Å². The summed E-state index contributed by atoms with van der Waals surface area (Å²) in [6, 6.07) is 0. The predicted molar refractivity (Wildman–Crippen MR) is 52.2 cm³/mol. The Morgan fingerprint density at radius 1 is 0.667 bits per heavy atom. The number of carboxylic acid groups (broad SMARTS) is 2. The third kappa shape index (κ3) is 16.3. The SMILES string of the molecule is O=C(O)CCCCCCCCC(=O)O.[Ti]. The average Bonchev–Trinajstić information content (AvgIpc) is 2.08. The molecule has 0 aromatic carbocycles. The first-order chi connectivity index (χ1) is 6.63. The number of unbranched alkanes of at least 4 members (excludes halogenated alkanes) is 5. The molecule has 0 spiro atoms. The molecule has 0 aliphatic heterocycles. The van der Waals surface area contributed by atoms with Crippen LogP contribution in [0.3, 0.4) is 0 Å². The molecule has 0 fully saturated rings. The first kappa shape index (κ1) is 17.1. The van der Waals surface area contributed by atoms with Crippen LogP contribution in [0.1, 0.15) is 51.4 Å². The van der Waals surface area contributed by atoms with Crippen LogP contribution in [-0.4, -0.2) is 22.2 Å². The largest absolute Gasteiger partial charge is 0.481 e. The maximum absolute atomic E-state index is 10.1. The summed E-state index contributed by atoms with van der Waals surface area (Å²) >= 11 is 0. The Bertz CT molecular complexity index is 162. The molecule has 0 rings (SSSR count). The van der Waals surface area contributed by atoms with Gasteiger partial charge in [-0.15, -0.1) is 0 Å². The van der Waals surface area contributed by atoms with E-state index in [0.717, 1.165) is 38.5 Å². The van der Waals surface area contributed by atoms with Gasteiger partial charge in [0.05, 0.1) is 0 Å². The molecule has 0 radical (unpaired) electrons. The van der Waals surface area contributed by atoms with Gasteiger partial charge in [-0.2, -0.15) is 0 Å². The minimum absolute atomic E-state index is 0. The fraction of sp³-hybridized carbons (Fsp3) is 0.800. The normalized spacial score (nSPS) is 9.33. The molecule has 0 aromatic heterocycles. The van der Waals surface area contributed by atoms with Crippen molar-refractivity contribution in [3.8, 4) is 0 Å². The topological polar surface area (TPSA) is 74.6 Å². The first-order valence-corrected chi connectivity index (χ1v) is 5.06. The van der Waals surface area contributed by atoms with E-state index in [1.54, 1.807) is 0 Å². The minimum Gasteiger partial charge on any atom is -0.481 e. The van der Waals surface area contributed by atoms with Crippen LogP contribution in [0.25, 0.3) is 0 Å². The molecular formula is C10H18O4Ti. The van der Waals surface area contributed by atoms with Crippen molar-refractivity contribution in [3.05, 3.63) is 0 Å². The second-order valence-electron chi connectivity index (χ2n) is 3.41. The zero-order valence-corrected chi connectivity index (χ0v) is 10.4. The maximum Gasteiger partial charge on any atom is 0.303 e. The first-order valence-electron chi connectivity index (χ1n) is 5.06. The van der Waals surface area contributed by atoms with Gasteiger partial charge in [0.2, 0.25) is 0 Å². The van der Waals surface area contributed by atoms with Crippen molar-refractivity contribution in [2.45, 2.75) is 51.4 Å². The maximum atomic E-state index is 10.1. The molecule has 0 aliphatic carbocycles. The third-order valence-electron chi connectivity index (χ3n) is 2.03. The smallest absolute Gasteiger partial charge is 0.303 e. The molecule has 5 heteroatoms. The molecule has 15 heavy (non-hydrogen) atoms. The van der Waals surface area contributed by atoms with E-state index < -0.39 is 11.9 Å². The number of rotatable bonds is 9. The summed E-state index contributed by atoms with van der Waals surface area (Å²) in [5, 5.41) is 16.7. The van der Waals surface area contributed by atoms with Gasteiger partial charge in [-0.3, -0.25) is 9.59 Å². The molecule has 86 valence electrons. The number of carbonyl (C=O) groups is 2. The second kappa shape index (κ2) is 11.7. The molecule has 4 nitrogen and oxygen atoms in total. The standard InChI is InChI=1S/C10H18O4.Ti/c11-9(12)7-5-3-1-2-4-6-8-10(13)14;/h1-8H2,(H,11,12)(H,13,14);. The number of hydrogen-bond donors (Lipinski definition) is 2. The van der Waals surface area contributed by atoms with E-state index >= 15 is 0 Å². The van der Waals surface area contributed by atoms with Gasteiger partial charge in [0.1, 0.15) is 0 Å². The number of carboxylic acids is 2. The third-order valence-corrected chi connectivity index (χ3v) is 2.03. The fourth-order valence-electron chi connectivity index (χ4n) is 1.26. The van der Waals surface area contributed by atoms with Crippen LogP contribution in [0, 0.1) is 0 Å². The van der Waals surface area contributed by atoms with Gasteiger partial charge in [0.15, 0.2) is 0 Å². The minimum atomic E-state index is -0.740. The molecule has 0 amide bonds. The van der Waals surface area contributed by atoms with E-state index in [4.69, 9.17) is 10.2 Å². The van der Waals surface area contributed by atoms with Crippen LogP contribution < -0.4 is 0 Å². The predicted octanol–water partition coefficient (Wildman–Crippen LogP) is 2.27. The van der Waals surface area contributed by atoms with Gasteiger partial charge >= 0.3 is 11.9 Å². The molecule has 0 unspecified atom stereocenters. The summed E-state index contributed by atoms with van der Waals surface area (Å²) in [7, 11) is 0. The van der Waals surface area contributed by atoms with E-state index in [0.29, 0.717) is 0 Å². The fourth-order valence-corrected chi connectivity index (χ4v) is 1.26. The van der Waals surface area contributed by atoms with Gasteiger partial charge in [-0.1, -0.05) is 25.7 Å².